The molecule has 0 atom stereocenters. The van der Waals surface area contributed by atoms with E-state index in [2.05, 4.69) is 0 Å². The number of aryl methyl sites for hydroxylation is 1. The average Bonchev–Trinajstić information content (AvgIpc) is 2.82. The Morgan fingerprint density at radius 2 is 1.94 bits per heavy atom. The van der Waals surface area contributed by atoms with Gasteiger partial charge < -0.3 is 15.2 Å². The summed E-state index contributed by atoms with van der Waals surface area (Å²) in [5.74, 6) is 1.53. The third-order valence-electron chi connectivity index (χ3n) is 3.33. The molecule has 1 aliphatic heterocycles. The second kappa shape index (κ2) is 3.54. The van der Waals surface area contributed by atoms with Crippen LogP contribution in [-0.2, 0) is 6.42 Å². The van der Waals surface area contributed by atoms with Crippen LogP contribution in [0, 0.1) is 0 Å². The van der Waals surface area contributed by atoms with Gasteiger partial charge in [-0.3, -0.25) is 0 Å². The Labute approximate surface area is 99.5 Å². The van der Waals surface area contributed by atoms with Crippen molar-refractivity contribution in [1.29, 1.82) is 0 Å². The van der Waals surface area contributed by atoms with Crippen LogP contribution >= 0.6 is 11.6 Å². The lowest BCUT2D eigenvalue weighted by Crippen LogP contribution is -2.22. The van der Waals surface area contributed by atoms with Gasteiger partial charge in [0, 0.05) is 16.6 Å². The maximum absolute atomic E-state index is 6.18. The van der Waals surface area contributed by atoms with Crippen LogP contribution in [0.15, 0.2) is 12.1 Å². The van der Waals surface area contributed by atoms with Gasteiger partial charge in [0.05, 0.1) is 0 Å². The zero-order chi connectivity index (χ0) is 11.2. The fourth-order valence-corrected chi connectivity index (χ4v) is 2.19. The predicted octanol–water partition coefficient (Wildman–Crippen LogP) is 2.49. The van der Waals surface area contributed by atoms with Gasteiger partial charge in [-0.15, -0.1) is 0 Å². The highest BCUT2D eigenvalue weighted by Crippen LogP contribution is 2.40. The van der Waals surface area contributed by atoms with Crippen molar-refractivity contribution in [1.82, 2.24) is 0 Å². The quantitative estimate of drug-likeness (QED) is 0.882. The van der Waals surface area contributed by atoms with Gasteiger partial charge in [-0.2, -0.15) is 0 Å². The number of nitrogens with two attached hydrogens (primary N) is 1. The summed E-state index contributed by atoms with van der Waals surface area (Å²) in [4.78, 5) is 0. The molecule has 1 aromatic carbocycles. The van der Waals surface area contributed by atoms with Crippen LogP contribution in [-0.4, -0.2) is 12.3 Å². The summed E-state index contributed by atoms with van der Waals surface area (Å²) in [5.41, 5.74) is 7.23. The van der Waals surface area contributed by atoms with Crippen molar-refractivity contribution in [2.24, 2.45) is 5.73 Å². The average molecular weight is 240 g/mol. The zero-order valence-corrected chi connectivity index (χ0v) is 9.72. The molecule has 0 radical (unpaired) electrons. The lowest BCUT2D eigenvalue weighted by molar-refractivity contribution is 0.174. The van der Waals surface area contributed by atoms with Gasteiger partial charge in [-0.25, -0.2) is 0 Å². The summed E-state index contributed by atoms with van der Waals surface area (Å²) in [7, 11) is 0. The Bertz CT molecular complexity index is 429. The van der Waals surface area contributed by atoms with Crippen molar-refractivity contribution in [3.63, 3.8) is 0 Å². The van der Waals surface area contributed by atoms with Crippen molar-refractivity contribution in [3.05, 3.63) is 22.7 Å². The summed E-state index contributed by atoms with van der Waals surface area (Å²) in [6.07, 6.45) is 4.17. The summed E-state index contributed by atoms with van der Waals surface area (Å²) < 4.78 is 10.6. The molecule has 0 spiro atoms. The fourth-order valence-electron chi connectivity index (χ4n) is 1.95. The highest BCUT2D eigenvalue weighted by atomic mass is 35.5. The third kappa shape index (κ3) is 1.85. The smallest absolute Gasteiger partial charge is 0.231 e. The van der Waals surface area contributed by atoms with E-state index in [1.807, 2.05) is 12.1 Å². The van der Waals surface area contributed by atoms with Crippen LogP contribution in [0.25, 0.3) is 0 Å². The molecular weight excluding hydrogens is 226 g/mol. The van der Waals surface area contributed by atoms with Crippen molar-refractivity contribution in [2.75, 3.05) is 6.79 Å². The number of benzene rings is 1. The predicted molar refractivity (Wildman–Crippen MR) is 62.0 cm³/mol. The molecule has 0 saturated heterocycles. The molecule has 0 unspecified atom stereocenters. The van der Waals surface area contributed by atoms with Crippen LogP contribution in [0.3, 0.4) is 0 Å². The molecule has 0 amide bonds. The molecular formula is C12H14ClNO2. The van der Waals surface area contributed by atoms with Crippen molar-refractivity contribution >= 4 is 11.6 Å². The van der Waals surface area contributed by atoms with Crippen molar-refractivity contribution in [2.45, 2.75) is 31.2 Å². The zero-order valence-electron chi connectivity index (χ0n) is 8.96. The minimum Gasteiger partial charge on any atom is -0.454 e. The maximum Gasteiger partial charge on any atom is 0.231 e. The van der Waals surface area contributed by atoms with Crippen LogP contribution in [0.1, 0.15) is 24.8 Å². The lowest BCUT2D eigenvalue weighted by Gasteiger charge is -2.10. The Balaban J connectivity index is 1.78. The maximum atomic E-state index is 6.18. The SMILES string of the molecule is NC1(CCc2cc3c(cc2Cl)OCO3)CC1. The van der Waals surface area contributed by atoms with E-state index in [-0.39, 0.29) is 12.3 Å². The second-order valence-electron chi connectivity index (χ2n) is 4.66. The Hall–Kier alpha value is -0.930. The van der Waals surface area contributed by atoms with Gasteiger partial charge >= 0.3 is 0 Å². The molecule has 86 valence electrons. The minimum absolute atomic E-state index is 0.0691. The van der Waals surface area contributed by atoms with E-state index in [0.29, 0.717) is 0 Å². The van der Waals surface area contributed by atoms with Crippen LogP contribution in [0.5, 0.6) is 11.5 Å². The molecule has 3 rings (SSSR count). The summed E-state index contributed by atoms with van der Waals surface area (Å²) in [5, 5.41) is 0.744. The van der Waals surface area contributed by atoms with Gasteiger partial charge in [-0.05, 0) is 37.3 Å². The Morgan fingerprint density at radius 3 is 2.62 bits per heavy atom. The van der Waals surface area contributed by atoms with E-state index in [4.69, 9.17) is 26.8 Å². The van der Waals surface area contributed by atoms with E-state index in [9.17, 15) is 0 Å². The molecule has 1 heterocycles. The van der Waals surface area contributed by atoms with Crippen molar-refractivity contribution < 1.29 is 9.47 Å². The topological polar surface area (TPSA) is 44.5 Å². The summed E-state index contributed by atoms with van der Waals surface area (Å²) >= 11 is 6.18. The molecule has 2 aliphatic rings. The van der Waals surface area contributed by atoms with E-state index in [0.717, 1.165) is 47.8 Å². The number of fused-ring (bicyclic) bond motifs is 1. The monoisotopic (exact) mass is 239 g/mol. The molecule has 4 heteroatoms. The van der Waals surface area contributed by atoms with Gasteiger partial charge in [0.2, 0.25) is 6.79 Å². The van der Waals surface area contributed by atoms with Gasteiger partial charge in [0.15, 0.2) is 11.5 Å². The molecule has 1 aromatic rings. The minimum atomic E-state index is 0.0691. The molecule has 1 aliphatic carbocycles. The molecule has 1 fully saturated rings. The third-order valence-corrected chi connectivity index (χ3v) is 3.68. The fraction of sp³-hybridized carbons (Fsp3) is 0.500. The molecule has 1 saturated carbocycles. The first-order valence-corrected chi connectivity index (χ1v) is 5.91. The summed E-state index contributed by atoms with van der Waals surface area (Å²) in [6.45, 7) is 0.288. The van der Waals surface area contributed by atoms with Crippen LogP contribution in [0.2, 0.25) is 5.02 Å². The number of ether oxygens (including phenoxy) is 2. The van der Waals surface area contributed by atoms with E-state index in [1.165, 1.54) is 0 Å². The first kappa shape index (κ1) is 10.2. The highest BCUT2D eigenvalue weighted by molar-refractivity contribution is 6.31. The van der Waals surface area contributed by atoms with E-state index < -0.39 is 0 Å². The molecule has 0 aromatic heterocycles. The molecule has 3 nitrogen and oxygen atoms in total. The lowest BCUT2D eigenvalue weighted by atomic mass is 10.0. The van der Waals surface area contributed by atoms with Gasteiger partial charge in [0.1, 0.15) is 0 Å². The normalized spacial score (nSPS) is 19.9. The van der Waals surface area contributed by atoms with Crippen LogP contribution in [0.4, 0.5) is 0 Å². The van der Waals surface area contributed by atoms with Crippen LogP contribution < -0.4 is 15.2 Å². The number of rotatable bonds is 3. The Kier molecular flexibility index (Phi) is 2.26. The number of hydrogen-bond acceptors (Lipinski definition) is 3. The second-order valence-corrected chi connectivity index (χ2v) is 5.07. The first-order chi connectivity index (χ1) is 7.66. The molecule has 16 heavy (non-hydrogen) atoms. The largest absolute Gasteiger partial charge is 0.454 e. The number of halogens is 1. The van der Waals surface area contributed by atoms with Gasteiger partial charge in [-0.1, -0.05) is 11.6 Å². The van der Waals surface area contributed by atoms with E-state index in [1.54, 1.807) is 0 Å². The molecule has 2 N–H and O–H groups in total. The number of hydrogen-bond donors (Lipinski definition) is 1. The standard InChI is InChI=1S/C12H14ClNO2/c13-9-6-11-10(15-7-16-11)5-8(9)1-2-12(14)3-4-12/h5-6H,1-4,7,14H2. The highest BCUT2D eigenvalue weighted by Gasteiger charge is 2.37. The summed E-state index contributed by atoms with van der Waals surface area (Å²) in [6, 6.07) is 3.80. The van der Waals surface area contributed by atoms with Gasteiger partial charge in [0.25, 0.3) is 0 Å². The Morgan fingerprint density at radius 1 is 1.25 bits per heavy atom. The van der Waals surface area contributed by atoms with E-state index >= 15 is 0 Å². The molecule has 0 bridgehead atoms. The van der Waals surface area contributed by atoms with Crippen molar-refractivity contribution in [3.8, 4) is 11.5 Å². The first-order valence-electron chi connectivity index (χ1n) is 5.53.